The van der Waals surface area contributed by atoms with Crippen molar-refractivity contribution in [1.29, 1.82) is 0 Å². The zero-order chi connectivity index (χ0) is 28.9. The lowest BCUT2D eigenvalue weighted by atomic mass is 9.92. The molecule has 4 aromatic rings. The zero-order valence-electron chi connectivity index (χ0n) is 23.8. The highest BCUT2D eigenvalue weighted by Crippen LogP contribution is 2.40. The van der Waals surface area contributed by atoms with Crippen molar-refractivity contribution in [2.45, 2.75) is 51.0 Å². The largest absolute Gasteiger partial charge is 0.494 e. The number of rotatable bonds is 10. The van der Waals surface area contributed by atoms with Crippen molar-refractivity contribution in [1.82, 2.24) is 14.8 Å². The Morgan fingerprint density at radius 3 is 2.33 bits per heavy atom. The van der Waals surface area contributed by atoms with E-state index in [1.54, 1.807) is 29.2 Å². The molecule has 8 heteroatoms. The molecule has 1 saturated heterocycles. The summed E-state index contributed by atoms with van der Waals surface area (Å²) in [7, 11) is 0. The summed E-state index contributed by atoms with van der Waals surface area (Å²) in [6.45, 7) is 5.01. The number of amides is 1. The van der Waals surface area contributed by atoms with Gasteiger partial charge in [-0.2, -0.15) is 0 Å². The minimum absolute atomic E-state index is 0.343. The maximum Gasteiger partial charge on any atom is 0.416 e. The first kappa shape index (κ1) is 28.9. The summed E-state index contributed by atoms with van der Waals surface area (Å²) in [5.41, 5.74) is 4.14. The van der Waals surface area contributed by atoms with Crippen molar-refractivity contribution >= 4 is 40.2 Å². The normalized spacial score (nSPS) is 17.0. The van der Waals surface area contributed by atoms with Crippen LogP contribution in [-0.4, -0.2) is 53.7 Å². The fourth-order valence-corrected chi connectivity index (χ4v) is 6.50. The summed E-state index contributed by atoms with van der Waals surface area (Å²) in [4.78, 5) is 21.5. The maximum atomic E-state index is 13.5. The van der Waals surface area contributed by atoms with Crippen LogP contribution in [0.3, 0.4) is 0 Å². The molecule has 1 atom stereocenters. The molecule has 6 nitrogen and oxygen atoms in total. The van der Waals surface area contributed by atoms with Crippen LogP contribution in [0.25, 0.3) is 10.9 Å². The highest BCUT2D eigenvalue weighted by Gasteiger charge is 2.35. The van der Waals surface area contributed by atoms with E-state index in [1.807, 2.05) is 42.5 Å². The second-order valence-electron chi connectivity index (χ2n) is 11.3. The van der Waals surface area contributed by atoms with Crippen LogP contribution in [0.1, 0.15) is 61.4 Å². The number of fused-ring (bicyclic) bond motifs is 3. The molecule has 220 valence electrons. The highest BCUT2D eigenvalue weighted by molar-refractivity contribution is 6.31. The van der Waals surface area contributed by atoms with Crippen molar-refractivity contribution in [2.75, 3.05) is 32.8 Å². The molecule has 1 amide bonds. The first-order valence-corrected chi connectivity index (χ1v) is 15.8. The Morgan fingerprint density at radius 2 is 1.55 bits per heavy atom. The van der Waals surface area contributed by atoms with Crippen LogP contribution in [0.4, 0.5) is 4.79 Å². The summed E-state index contributed by atoms with van der Waals surface area (Å²) in [6.07, 6.45) is 7.76. The summed E-state index contributed by atoms with van der Waals surface area (Å²) in [5, 5.41) is 2.37. The van der Waals surface area contributed by atoms with Crippen molar-refractivity contribution in [3.8, 4) is 11.5 Å². The molecule has 0 spiro atoms. The van der Waals surface area contributed by atoms with E-state index in [4.69, 9.17) is 32.7 Å². The van der Waals surface area contributed by atoms with Crippen LogP contribution in [-0.2, 0) is 6.42 Å². The fourth-order valence-electron chi connectivity index (χ4n) is 6.20. The average Bonchev–Trinajstić information content (AvgIpc) is 3.65. The van der Waals surface area contributed by atoms with Gasteiger partial charge in [-0.15, -0.1) is 0 Å². The number of nitrogens with one attached hydrogen (secondary N) is 1. The third-order valence-electron chi connectivity index (χ3n) is 8.37. The van der Waals surface area contributed by atoms with Gasteiger partial charge >= 0.3 is 6.09 Å². The Kier molecular flexibility index (Phi) is 9.23. The van der Waals surface area contributed by atoms with E-state index in [1.165, 1.54) is 57.3 Å². The zero-order valence-corrected chi connectivity index (χ0v) is 25.3. The molecular formula is C34H37Cl2N3O3. The number of likely N-dealkylation sites (tertiary alicyclic amines) is 1. The van der Waals surface area contributed by atoms with Crippen molar-refractivity contribution in [3.05, 3.63) is 93.6 Å². The van der Waals surface area contributed by atoms with E-state index in [-0.39, 0.29) is 6.04 Å². The predicted octanol–water partition coefficient (Wildman–Crippen LogP) is 8.66. The smallest absolute Gasteiger partial charge is 0.416 e. The number of hydrogen-bond acceptors (Lipinski definition) is 4. The van der Waals surface area contributed by atoms with Gasteiger partial charge in [-0.1, -0.05) is 48.2 Å². The molecule has 1 unspecified atom stereocenters. The molecule has 2 aliphatic heterocycles. The monoisotopic (exact) mass is 605 g/mol. The Balaban J connectivity index is 1.14. The quantitative estimate of drug-likeness (QED) is 0.184. The number of aromatic amines is 1. The Morgan fingerprint density at radius 1 is 0.833 bits per heavy atom. The topological polar surface area (TPSA) is 57.8 Å². The Bertz CT molecular complexity index is 1500. The molecule has 0 bridgehead atoms. The molecule has 2 aliphatic rings. The molecule has 42 heavy (non-hydrogen) atoms. The van der Waals surface area contributed by atoms with Crippen LogP contribution in [0.15, 0.2) is 66.7 Å². The Hall–Kier alpha value is -3.19. The summed E-state index contributed by atoms with van der Waals surface area (Å²) >= 11 is 12.4. The van der Waals surface area contributed by atoms with Gasteiger partial charge in [0, 0.05) is 33.2 Å². The minimum Gasteiger partial charge on any atom is -0.494 e. The number of unbranched alkanes of at least 4 members (excludes halogenated alkanes) is 3. The van der Waals surface area contributed by atoms with Gasteiger partial charge < -0.3 is 19.4 Å². The average molecular weight is 607 g/mol. The molecule has 1 N–H and O–H groups in total. The Labute approximate surface area is 257 Å². The summed E-state index contributed by atoms with van der Waals surface area (Å²) in [6, 6.07) is 20.5. The van der Waals surface area contributed by atoms with Crippen molar-refractivity contribution < 1.29 is 14.3 Å². The minimum atomic E-state index is -0.408. The molecule has 0 radical (unpaired) electrons. The van der Waals surface area contributed by atoms with Gasteiger partial charge in [0.25, 0.3) is 0 Å². The van der Waals surface area contributed by atoms with Gasteiger partial charge in [0.2, 0.25) is 0 Å². The van der Waals surface area contributed by atoms with E-state index >= 15 is 0 Å². The predicted molar refractivity (Wildman–Crippen MR) is 169 cm³/mol. The number of H-pyrrole nitrogens is 1. The van der Waals surface area contributed by atoms with E-state index in [0.717, 1.165) is 34.3 Å². The number of nitrogens with zero attached hydrogens (tertiary/aromatic N) is 2. The molecule has 3 heterocycles. The van der Waals surface area contributed by atoms with Crippen LogP contribution >= 0.6 is 23.2 Å². The van der Waals surface area contributed by atoms with Crippen LogP contribution in [0, 0.1) is 0 Å². The van der Waals surface area contributed by atoms with E-state index in [9.17, 15) is 4.79 Å². The lowest BCUT2D eigenvalue weighted by Crippen LogP contribution is -2.42. The number of ether oxygens (including phenoxy) is 2. The molecule has 0 aliphatic carbocycles. The molecule has 3 aromatic carbocycles. The van der Waals surface area contributed by atoms with Gasteiger partial charge in [0.05, 0.1) is 6.61 Å². The van der Waals surface area contributed by atoms with Gasteiger partial charge in [-0.25, -0.2) is 4.79 Å². The van der Waals surface area contributed by atoms with Crippen LogP contribution < -0.4 is 9.47 Å². The number of hydrogen-bond donors (Lipinski definition) is 1. The number of benzene rings is 3. The second kappa shape index (κ2) is 13.4. The first-order chi connectivity index (χ1) is 20.5. The molecule has 1 aromatic heterocycles. The fraction of sp³-hybridized carbons (Fsp3) is 0.382. The lowest BCUT2D eigenvalue weighted by Gasteiger charge is -2.35. The number of carbonyl (C=O) groups excluding carboxylic acids is 1. The number of halogens is 2. The van der Waals surface area contributed by atoms with Gasteiger partial charge in [-0.05, 0) is 117 Å². The van der Waals surface area contributed by atoms with Gasteiger partial charge in [0.15, 0.2) is 0 Å². The molecule has 6 rings (SSSR count). The molecule has 0 saturated carbocycles. The first-order valence-electron chi connectivity index (χ1n) is 15.0. The number of carbonyl (C=O) groups is 1. The van der Waals surface area contributed by atoms with Crippen LogP contribution in [0.5, 0.6) is 11.5 Å². The third-order valence-corrected chi connectivity index (χ3v) is 8.86. The SMILES string of the molecule is O=C(Oc1ccc(Cl)cc1)N1CCc2c([nH]c3ccc(Cl)cc23)C1c1ccc(OCCCCCCN2CCCC2)cc1. The third kappa shape index (κ3) is 6.72. The summed E-state index contributed by atoms with van der Waals surface area (Å²) in [5.74, 6) is 1.29. The second-order valence-corrected chi connectivity index (χ2v) is 12.1. The maximum absolute atomic E-state index is 13.5. The van der Waals surface area contributed by atoms with E-state index < -0.39 is 6.09 Å². The number of aromatic nitrogens is 1. The van der Waals surface area contributed by atoms with E-state index in [0.29, 0.717) is 35.4 Å². The standard InChI is InChI=1S/C34H37Cl2N3O3/c35-25-9-14-28(15-10-25)42-34(40)39-21-17-29-30-23-26(36)11-16-31(30)37-32(29)33(39)24-7-12-27(13-8-24)41-22-6-2-1-3-18-38-19-4-5-20-38/h7-16,23,33,37H,1-6,17-22H2. The van der Waals surface area contributed by atoms with Crippen molar-refractivity contribution in [3.63, 3.8) is 0 Å². The lowest BCUT2D eigenvalue weighted by molar-refractivity contribution is 0.135. The van der Waals surface area contributed by atoms with Gasteiger partial charge in [-0.3, -0.25) is 4.90 Å². The van der Waals surface area contributed by atoms with Crippen molar-refractivity contribution in [2.24, 2.45) is 0 Å². The van der Waals surface area contributed by atoms with Crippen LogP contribution in [0.2, 0.25) is 10.0 Å². The van der Waals surface area contributed by atoms with E-state index in [2.05, 4.69) is 9.88 Å². The highest BCUT2D eigenvalue weighted by atomic mass is 35.5. The molecule has 1 fully saturated rings. The molecular weight excluding hydrogens is 569 g/mol. The van der Waals surface area contributed by atoms with Gasteiger partial charge in [0.1, 0.15) is 17.5 Å². The summed E-state index contributed by atoms with van der Waals surface area (Å²) < 4.78 is 11.9.